The van der Waals surface area contributed by atoms with Gasteiger partial charge in [0.15, 0.2) is 0 Å². The van der Waals surface area contributed by atoms with E-state index in [4.69, 9.17) is 5.73 Å². The van der Waals surface area contributed by atoms with Crippen molar-refractivity contribution in [3.63, 3.8) is 0 Å². The summed E-state index contributed by atoms with van der Waals surface area (Å²) in [6, 6.07) is 0. The van der Waals surface area contributed by atoms with E-state index in [0.717, 1.165) is 12.8 Å². The van der Waals surface area contributed by atoms with Crippen LogP contribution in [0.3, 0.4) is 0 Å². The number of alkyl halides is 1. The van der Waals surface area contributed by atoms with Crippen molar-refractivity contribution in [3.05, 3.63) is 0 Å². The molecular weight excluding hydrogens is 421 g/mol. The Hall–Kier alpha value is 0.200. The van der Waals surface area contributed by atoms with Crippen LogP contribution in [0.4, 0.5) is 0 Å². The second-order valence-corrected chi connectivity index (χ2v) is 9.17. The first-order valence-corrected chi connectivity index (χ1v) is 12.4. The van der Waals surface area contributed by atoms with Gasteiger partial charge in [-0.1, -0.05) is 145 Å². The molecule has 0 rings (SSSR count). The monoisotopic (exact) mass is 465 g/mol. The van der Waals surface area contributed by atoms with E-state index in [2.05, 4.69) is 29.5 Å². The van der Waals surface area contributed by atoms with Gasteiger partial charge in [-0.2, -0.15) is 0 Å². The summed E-state index contributed by atoms with van der Waals surface area (Å²) >= 11 is 2.16. The lowest BCUT2D eigenvalue weighted by molar-refractivity contribution is -0.117. The number of hydrogen-bond donors (Lipinski definition) is 1. The van der Waals surface area contributed by atoms with Crippen molar-refractivity contribution in [2.24, 2.45) is 5.73 Å². The Kier molecular flexibility index (Phi) is 20.7. The molecular formula is C22H44INO. The van der Waals surface area contributed by atoms with Crippen LogP contribution in [0.5, 0.6) is 0 Å². The SMILES string of the molecule is CCCCCCCCCCCCCCCCCCCCC(I)C(N)=O. The Morgan fingerprint density at radius 2 is 0.920 bits per heavy atom. The summed E-state index contributed by atoms with van der Waals surface area (Å²) in [5.41, 5.74) is 5.27. The summed E-state index contributed by atoms with van der Waals surface area (Å²) in [4.78, 5) is 10.9. The molecule has 0 radical (unpaired) electrons. The fourth-order valence-electron chi connectivity index (χ4n) is 3.37. The molecule has 2 nitrogen and oxygen atoms in total. The molecule has 0 spiro atoms. The number of unbranched alkanes of at least 4 members (excludes halogenated alkanes) is 17. The van der Waals surface area contributed by atoms with Crippen LogP contribution in [0.1, 0.15) is 129 Å². The van der Waals surface area contributed by atoms with Gasteiger partial charge in [-0.05, 0) is 6.42 Å². The summed E-state index contributed by atoms with van der Waals surface area (Å²) in [5.74, 6) is -0.160. The highest BCUT2D eigenvalue weighted by molar-refractivity contribution is 14.1. The first-order chi connectivity index (χ1) is 12.2. The van der Waals surface area contributed by atoms with Crippen LogP contribution in [0, 0.1) is 0 Å². The minimum Gasteiger partial charge on any atom is -0.369 e. The Balaban J connectivity index is 3.04. The number of nitrogens with two attached hydrogens (primary N) is 1. The zero-order chi connectivity index (χ0) is 18.6. The van der Waals surface area contributed by atoms with Gasteiger partial charge in [0, 0.05) is 0 Å². The Morgan fingerprint density at radius 3 is 1.20 bits per heavy atom. The number of halogens is 1. The zero-order valence-electron chi connectivity index (χ0n) is 16.9. The zero-order valence-corrected chi connectivity index (χ0v) is 19.0. The van der Waals surface area contributed by atoms with Crippen molar-refractivity contribution in [2.75, 3.05) is 0 Å². The van der Waals surface area contributed by atoms with Crippen molar-refractivity contribution in [3.8, 4) is 0 Å². The predicted octanol–water partition coefficient (Wildman–Crippen LogP) is 7.71. The number of hydrogen-bond acceptors (Lipinski definition) is 1. The second kappa shape index (κ2) is 20.5. The number of carbonyl (C=O) groups is 1. The maximum Gasteiger partial charge on any atom is 0.230 e. The maximum absolute atomic E-state index is 10.9. The summed E-state index contributed by atoms with van der Waals surface area (Å²) in [7, 11) is 0. The van der Waals surface area contributed by atoms with Gasteiger partial charge < -0.3 is 5.73 Å². The van der Waals surface area contributed by atoms with E-state index in [1.165, 1.54) is 109 Å². The summed E-state index contributed by atoms with van der Waals surface area (Å²) < 4.78 is 0.0265. The minimum atomic E-state index is -0.160. The molecule has 25 heavy (non-hydrogen) atoms. The molecule has 0 aliphatic heterocycles. The highest BCUT2D eigenvalue weighted by atomic mass is 127. The fourth-order valence-corrected chi connectivity index (χ4v) is 3.81. The summed E-state index contributed by atoms with van der Waals surface area (Å²) in [5, 5.41) is 0. The lowest BCUT2D eigenvalue weighted by Crippen LogP contribution is -2.22. The van der Waals surface area contributed by atoms with E-state index < -0.39 is 0 Å². The third kappa shape index (κ3) is 20.4. The van der Waals surface area contributed by atoms with E-state index in [0.29, 0.717) is 0 Å². The molecule has 2 N–H and O–H groups in total. The van der Waals surface area contributed by atoms with Crippen LogP contribution < -0.4 is 5.73 Å². The van der Waals surface area contributed by atoms with Crippen molar-refractivity contribution in [1.82, 2.24) is 0 Å². The van der Waals surface area contributed by atoms with Crippen molar-refractivity contribution in [2.45, 2.75) is 133 Å². The molecule has 0 saturated carbocycles. The van der Waals surface area contributed by atoms with E-state index in [9.17, 15) is 4.79 Å². The standard InChI is InChI=1S/C22H44INO/c1-2-3-4-5-6-7-8-9-10-11-12-13-14-15-16-17-18-19-20-21(23)22(24)25/h21H,2-20H2,1H3,(H2,24,25). The van der Waals surface area contributed by atoms with Crippen molar-refractivity contribution < 1.29 is 4.79 Å². The molecule has 0 saturated heterocycles. The summed E-state index contributed by atoms with van der Waals surface area (Å²) in [6.07, 6.45) is 26.1. The van der Waals surface area contributed by atoms with Gasteiger partial charge in [-0.15, -0.1) is 0 Å². The molecule has 0 aromatic carbocycles. The molecule has 1 unspecified atom stereocenters. The first-order valence-electron chi connectivity index (χ1n) is 11.1. The Morgan fingerprint density at radius 1 is 0.640 bits per heavy atom. The molecule has 0 fully saturated rings. The third-order valence-corrected chi connectivity index (χ3v) is 6.36. The average Bonchev–Trinajstić information content (AvgIpc) is 2.60. The van der Waals surface area contributed by atoms with Crippen LogP contribution in [0.15, 0.2) is 0 Å². The van der Waals surface area contributed by atoms with Crippen molar-refractivity contribution in [1.29, 1.82) is 0 Å². The second-order valence-electron chi connectivity index (χ2n) is 7.67. The molecule has 0 aliphatic rings. The van der Waals surface area contributed by atoms with Gasteiger partial charge in [0.2, 0.25) is 5.91 Å². The normalized spacial score (nSPS) is 12.4. The molecule has 3 heteroatoms. The van der Waals surface area contributed by atoms with Crippen LogP contribution >= 0.6 is 22.6 Å². The lowest BCUT2D eigenvalue weighted by Gasteiger charge is -2.05. The molecule has 1 atom stereocenters. The van der Waals surface area contributed by atoms with E-state index in [1.807, 2.05) is 0 Å². The van der Waals surface area contributed by atoms with Gasteiger partial charge in [0.05, 0.1) is 3.92 Å². The Labute approximate surface area is 171 Å². The molecule has 1 amide bonds. The van der Waals surface area contributed by atoms with Gasteiger partial charge in [-0.3, -0.25) is 4.79 Å². The lowest BCUT2D eigenvalue weighted by atomic mass is 10.0. The highest BCUT2D eigenvalue weighted by Gasteiger charge is 2.08. The van der Waals surface area contributed by atoms with E-state index in [1.54, 1.807) is 0 Å². The number of primary amides is 1. The molecule has 0 aliphatic carbocycles. The van der Waals surface area contributed by atoms with E-state index in [-0.39, 0.29) is 9.83 Å². The highest BCUT2D eigenvalue weighted by Crippen LogP contribution is 2.16. The quantitative estimate of drug-likeness (QED) is 0.112. The van der Waals surface area contributed by atoms with Crippen LogP contribution in [0.2, 0.25) is 0 Å². The van der Waals surface area contributed by atoms with Crippen molar-refractivity contribution >= 4 is 28.5 Å². The first kappa shape index (κ1) is 25.2. The largest absolute Gasteiger partial charge is 0.369 e. The summed E-state index contributed by atoms with van der Waals surface area (Å²) in [6.45, 7) is 2.29. The Bertz CT molecular complexity index is 283. The maximum atomic E-state index is 10.9. The van der Waals surface area contributed by atoms with Crippen LogP contribution in [-0.4, -0.2) is 9.83 Å². The minimum absolute atomic E-state index is 0.0265. The van der Waals surface area contributed by atoms with Gasteiger partial charge in [0.25, 0.3) is 0 Å². The van der Waals surface area contributed by atoms with Gasteiger partial charge >= 0.3 is 0 Å². The average molecular weight is 466 g/mol. The topological polar surface area (TPSA) is 43.1 Å². The van der Waals surface area contributed by atoms with Crippen LogP contribution in [0.25, 0.3) is 0 Å². The van der Waals surface area contributed by atoms with E-state index >= 15 is 0 Å². The van der Waals surface area contributed by atoms with Gasteiger partial charge in [0.1, 0.15) is 0 Å². The molecule has 0 bridgehead atoms. The number of rotatable bonds is 20. The third-order valence-electron chi connectivity index (χ3n) is 5.12. The number of carbonyl (C=O) groups excluding carboxylic acids is 1. The fraction of sp³-hybridized carbons (Fsp3) is 0.955. The molecule has 0 heterocycles. The van der Waals surface area contributed by atoms with Crippen LogP contribution in [-0.2, 0) is 4.79 Å². The molecule has 0 aromatic heterocycles. The predicted molar refractivity (Wildman–Crippen MR) is 120 cm³/mol. The number of amides is 1. The molecule has 0 aromatic rings. The molecule has 150 valence electrons. The smallest absolute Gasteiger partial charge is 0.230 e. The van der Waals surface area contributed by atoms with Gasteiger partial charge in [-0.25, -0.2) is 0 Å².